The molecule has 0 aliphatic carbocycles. The highest BCUT2D eigenvalue weighted by Gasteiger charge is 2.25. The lowest BCUT2D eigenvalue weighted by Crippen LogP contribution is -2.34. The molecule has 1 aliphatic heterocycles. The van der Waals surface area contributed by atoms with Crippen molar-refractivity contribution in [3.8, 4) is 5.75 Å². The first kappa shape index (κ1) is 22.4. The Morgan fingerprint density at radius 1 is 1.25 bits per heavy atom. The second-order valence-corrected chi connectivity index (χ2v) is 8.33. The highest BCUT2D eigenvalue weighted by atomic mass is 19.1. The molecule has 1 aliphatic rings. The van der Waals surface area contributed by atoms with Gasteiger partial charge in [0.1, 0.15) is 11.6 Å². The molecule has 2 aromatic carbocycles. The Morgan fingerprint density at radius 2 is 2.06 bits per heavy atom. The van der Waals surface area contributed by atoms with Crippen LogP contribution in [0.4, 0.5) is 4.39 Å². The predicted octanol–water partition coefficient (Wildman–Crippen LogP) is 4.67. The minimum Gasteiger partial charge on any atom is -0.494 e. The van der Waals surface area contributed by atoms with Crippen molar-refractivity contribution >= 4 is 16.8 Å². The van der Waals surface area contributed by atoms with Crippen LogP contribution in [0.15, 0.2) is 40.9 Å². The van der Waals surface area contributed by atoms with Gasteiger partial charge in [-0.3, -0.25) is 4.79 Å². The molecule has 0 amide bonds. The third-order valence-electron chi connectivity index (χ3n) is 6.24. The molecule has 2 heterocycles. The smallest absolute Gasteiger partial charge is 0.170 e. The number of carbonyl (C=O) groups excluding carboxylic acids is 1. The van der Waals surface area contributed by atoms with Gasteiger partial charge in [-0.2, -0.15) is 0 Å². The lowest BCUT2D eigenvalue weighted by atomic mass is 9.91. The van der Waals surface area contributed by atoms with E-state index in [1.807, 2.05) is 25.1 Å². The fourth-order valence-electron chi connectivity index (χ4n) is 4.42. The summed E-state index contributed by atoms with van der Waals surface area (Å²) in [4.78, 5) is 14.4. The van der Waals surface area contributed by atoms with Gasteiger partial charge < -0.3 is 19.9 Å². The average molecular weight is 440 g/mol. The third-order valence-corrected chi connectivity index (χ3v) is 6.24. The molecule has 3 aromatic rings. The number of carbonyl (C=O) groups is 1. The molecule has 7 heteroatoms. The van der Waals surface area contributed by atoms with Gasteiger partial charge in [0.25, 0.3) is 0 Å². The molecule has 0 atom stereocenters. The maximum atomic E-state index is 13.4. The van der Waals surface area contributed by atoms with E-state index in [1.54, 1.807) is 6.07 Å². The van der Waals surface area contributed by atoms with E-state index >= 15 is 0 Å². The standard InChI is InChI=1S/C25H30FN3O3/c1-2-23(30)21-7-5-20(14-18(21)16-27)31-13-3-10-29-11-8-17(9-12-29)25-22-6-4-19(26)15-24(22)32-28-25/h4-7,14-15,17H,2-3,8-13,16,27H2,1H3. The van der Waals surface area contributed by atoms with E-state index in [-0.39, 0.29) is 11.6 Å². The predicted molar refractivity (Wildman–Crippen MR) is 121 cm³/mol. The normalized spacial score (nSPS) is 15.3. The summed E-state index contributed by atoms with van der Waals surface area (Å²) in [7, 11) is 0. The van der Waals surface area contributed by atoms with Crippen molar-refractivity contribution in [2.75, 3.05) is 26.2 Å². The molecule has 2 N–H and O–H groups in total. The zero-order chi connectivity index (χ0) is 22.5. The third kappa shape index (κ3) is 5.00. The lowest BCUT2D eigenvalue weighted by Gasteiger charge is -2.31. The topological polar surface area (TPSA) is 81.6 Å². The number of hydrogen-bond donors (Lipinski definition) is 1. The Hall–Kier alpha value is -2.77. The number of nitrogens with zero attached hydrogens (tertiary/aromatic N) is 2. The molecule has 0 spiro atoms. The Labute approximate surface area is 187 Å². The first-order valence-electron chi connectivity index (χ1n) is 11.3. The highest BCUT2D eigenvalue weighted by Crippen LogP contribution is 2.32. The zero-order valence-corrected chi connectivity index (χ0v) is 18.5. The first-order valence-corrected chi connectivity index (χ1v) is 11.3. The minimum absolute atomic E-state index is 0.103. The van der Waals surface area contributed by atoms with Gasteiger partial charge in [0.2, 0.25) is 0 Å². The fourth-order valence-corrected chi connectivity index (χ4v) is 4.42. The fraction of sp³-hybridized carbons (Fsp3) is 0.440. The summed E-state index contributed by atoms with van der Waals surface area (Å²) in [5, 5.41) is 5.14. The number of aromatic nitrogens is 1. The van der Waals surface area contributed by atoms with Crippen LogP contribution in [0.25, 0.3) is 11.0 Å². The second-order valence-electron chi connectivity index (χ2n) is 8.33. The molecule has 6 nitrogen and oxygen atoms in total. The van der Waals surface area contributed by atoms with Gasteiger partial charge in [-0.1, -0.05) is 12.1 Å². The molecule has 32 heavy (non-hydrogen) atoms. The number of likely N-dealkylation sites (tertiary alicyclic amines) is 1. The van der Waals surface area contributed by atoms with Crippen LogP contribution >= 0.6 is 0 Å². The lowest BCUT2D eigenvalue weighted by molar-refractivity contribution is 0.0987. The Bertz CT molecular complexity index is 1070. The molecule has 170 valence electrons. The van der Waals surface area contributed by atoms with Crippen molar-refractivity contribution in [2.24, 2.45) is 5.73 Å². The Balaban J connectivity index is 1.23. The van der Waals surface area contributed by atoms with Crippen molar-refractivity contribution in [3.05, 3.63) is 59.0 Å². The summed E-state index contributed by atoms with van der Waals surface area (Å²) in [5.41, 5.74) is 8.80. The van der Waals surface area contributed by atoms with Crippen LogP contribution in [-0.2, 0) is 6.54 Å². The van der Waals surface area contributed by atoms with Crippen LogP contribution in [-0.4, -0.2) is 42.1 Å². The monoisotopic (exact) mass is 439 g/mol. The summed E-state index contributed by atoms with van der Waals surface area (Å²) in [5.74, 6) is 0.896. The number of piperidine rings is 1. The van der Waals surface area contributed by atoms with E-state index in [2.05, 4.69) is 10.1 Å². The molecular weight excluding hydrogens is 409 g/mol. The molecule has 0 radical (unpaired) electrons. The molecule has 0 bridgehead atoms. The van der Waals surface area contributed by atoms with E-state index in [0.717, 1.165) is 61.3 Å². The number of halogens is 1. The van der Waals surface area contributed by atoms with E-state index < -0.39 is 0 Å². The van der Waals surface area contributed by atoms with Crippen LogP contribution in [0.1, 0.15) is 60.1 Å². The summed E-state index contributed by atoms with van der Waals surface area (Å²) < 4.78 is 24.6. The number of rotatable bonds is 9. The maximum Gasteiger partial charge on any atom is 0.170 e. The first-order chi connectivity index (χ1) is 15.6. The molecule has 1 fully saturated rings. The van der Waals surface area contributed by atoms with Crippen LogP contribution in [0.5, 0.6) is 5.75 Å². The zero-order valence-electron chi connectivity index (χ0n) is 18.5. The number of hydrogen-bond acceptors (Lipinski definition) is 6. The Morgan fingerprint density at radius 3 is 2.81 bits per heavy atom. The number of fused-ring (bicyclic) bond motifs is 1. The SMILES string of the molecule is CCC(=O)c1ccc(OCCCN2CCC(c3noc4cc(F)ccc34)CC2)cc1CN. The van der Waals surface area contributed by atoms with E-state index in [0.29, 0.717) is 36.6 Å². The summed E-state index contributed by atoms with van der Waals surface area (Å²) in [6.07, 6.45) is 3.40. The largest absolute Gasteiger partial charge is 0.494 e. The summed E-state index contributed by atoms with van der Waals surface area (Å²) >= 11 is 0. The van der Waals surface area contributed by atoms with Crippen molar-refractivity contribution in [2.45, 2.75) is 45.1 Å². The van der Waals surface area contributed by atoms with Gasteiger partial charge in [0, 0.05) is 42.4 Å². The summed E-state index contributed by atoms with van der Waals surface area (Å²) in [6.45, 7) is 5.74. The van der Waals surface area contributed by atoms with E-state index in [4.69, 9.17) is 15.0 Å². The Kier molecular flexibility index (Phi) is 7.17. The van der Waals surface area contributed by atoms with Gasteiger partial charge >= 0.3 is 0 Å². The van der Waals surface area contributed by atoms with Gasteiger partial charge in [-0.05, 0) is 68.2 Å². The van der Waals surface area contributed by atoms with E-state index in [9.17, 15) is 9.18 Å². The molecule has 0 saturated carbocycles. The second kappa shape index (κ2) is 10.2. The molecule has 1 aromatic heterocycles. The van der Waals surface area contributed by atoms with Crippen LogP contribution in [0.3, 0.4) is 0 Å². The number of ether oxygens (including phenoxy) is 1. The van der Waals surface area contributed by atoms with Gasteiger partial charge in [-0.25, -0.2) is 4.39 Å². The minimum atomic E-state index is -0.304. The van der Waals surface area contributed by atoms with Crippen molar-refractivity contribution in [1.29, 1.82) is 0 Å². The molecule has 1 saturated heterocycles. The van der Waals surface area contributed by atoms with Crippen LogP contribution in [0.2, 0.25) is 0 Å². The van der Waals surface area contributed by atoms with Crippen molar-refractivity contribution in [1.82, 2.24) is 10.1 Å². The number of Topliss-reactive ketones (excluding diaryl/α,β-unsaturated/α-hetero) is 1. The maximum absolute atomic E-state index is 13.4. The van der Waals surface area contributed by atoms with Gasteiger partial charge in [-0.15, -0.1) is 0 Å². The van der Waals surface area contributed by atoms with Gasteiger partial charge in [0.15, 0.2) is 11.4 Å². The number of nitrogens with two attached hydrogens (primary N) is 1. The van der Waals surface area contributed by atoms with Gasteiger partial charge in [0.05, 0.1) is 12.3 Å². The molecule has 0 unspecified atom stereocenters. The molecule has 4 rings (SSSR count). The average Bonchev–Trinajstić information content (AvgIpc) is 3.24. The number of benzene rings is 2. The summed E-state index contributed by atoms with van der Waals surface area (Å²) in [6, 6.07) is 10.2. The van der Waals surface area contributed by atoms with Crippen molar-refractivity contribution < 1.29 is 18.4 Å². The van der Waals surface area contributed by atoms with Crippen molar-refractivity contribution in [3.63, 3.8) is 0 Å². The van der Waals surface area contributed by atoms with E-state index in [1.165, 1.54) is 12.1 Å². The van der Waals surface area contributed by atoms with Crippen LogP contribution < -0.4 is 10.5 Å². The molecular formula is C25H30FN3O3. The quantitative estimate of drug-likeness (QED) is 0.386. The highest BCUT2D eigenvalue weighted by molar-refractivity contribution is 5.97. The number of ketones is 1. The van der Waals surface area contributed by atoms with Crippen LogP contribution in [0, 0.1) is 5.82 Å².